The number of hydrogen-bond donors (Lipinski definition) is 0. The third-order valence-corrected chi connectivity index (χ3v) is 4.93. The van der Waals surface area contributed by atoms with E-state index in [4.69, 9.17) is 4.74 Å². The smallest absolute Gasteiger partial charge is 0.244 e. The number of nitrogens with zero attached hydrogens (tertiary/aromatic N) is 4. The van der Waals surface area contributed by atoms with Crippen LogP contribution < -0.4 is 0 Å². The summed E-state index contributed by atoms with van der Waals surface area (Å²) in [7, 11) is 2.13. The maximum absolute atomic E-state index is 12.8. The van der Waals surface area contributed by atoms with E-state index >= 15 is 0 Å². The van der Waals surface area contributed by atoms with E-state index in [9.17, 15) is 4.79 Å². The summed E-state index contributed by atoms with van der Waals surface area (Å²) >= 11 is 0. The van der Waals surface area contributed by atoms with Crippen molar-refractivity contribution in [2.75, 3.05) is 39.9 Å². The Labute approximate surface area is 135 Å². The van der Waals surface area contributed by atoms with E-state index in [1.807, 2.05) is 35.4 Å². The zero-order chi connectivity index (χ0) is 15.8. The Morgan fingerprint density at radius 1 is 1.26 bits per heavy atom. The summed E-state index contributed by atoms with van der Waals surface area (Å²) in [5.74, 6) is 0.539. The molecular weight excluding hydrogens is 292 g/mol. The number of rotatable bonds is 2. The van der Waals surface area contributed by atoms with Crippen molar-refractivity contribution in [3.8, 4) is 0 Å². The molecule has 4 rings (SSSR count). The van der Waals surface area contributed by atoms with Gasteiger partial charge in [-0.2, -0.15) is 5.10 Å². The molecule has 1 amide bonds. The Kier molecular flexibility index (Phi) is 3.79. The molecule has 6 nitrogen and oxygen atoms in total. The SMILES string of the molecule is CN1C[C@H]2COC[C@@H]1CN(C(=O)Cn1ncc3ccccc31)C2. The van der Waals surface area contributed by atoms with E-state index in [-0.39, 0.29) is 5.91 Å². The summed E-state index contributed by atoms with van der Waals surface area (Å²) in [6.07, 6.45) is 1.82. The van der Waals surface area contributed by atoms with Crippen LogP contribution in [0.15, 0.2) is 30.5 Å². The van der Waals surface area contributed by atoms with Gasteiger partial charge in [-0.1, -0.05) is 18.2 Å². The Morgan fingerprint density at radius 3 is 3.04 bits per heavy atom. The van der Waals surface area contributed by atoms with Crippen molar-refractivity contribution in [1.82, 2.24) is 19.6 Å². The molecule has 1 aromatic heterocycles. The molecule has 2 aliphatic rings. The third-order valence-electron chi connectivity index (χ3n) is 4.93. The van der Waals surface area contributed by atoms with Crippen molar-refractivity contribution in [2.45, 2.75) is 12.6 Å². The molecule has 0 N–H and O–H groups in total. The molecular formula is C17H22N4O2. The first kappa shape index (κ1) is 14.7. The lowest BCUT2D eigenvalue weighted by Crippen LogP contribution is -2.45. The van der Waals surface area contributed by atoms with Gasteiger partial charge < -0.3 is 9.64 Å². The van der Waals surface area contributed by atoms with Gasteiger partial charge >= 0.3 is 0 Å². The van der Waals surface area contributed by atoms with Gasteiger partial charge in [0.2, 0.25) is 5.91 Å². The number of carbonyl (C=O) groups is 1. The minimum absolute atomic E-state index is 0.144. The molecule has 122 valence electrons. The average molecular weight is 314 g/mol. The number of likely N-dealkylation sites (N-methyl/N-ethyl adjacent to an activating group) is 1. The van der Waals surface area contributed by atoms with E-state index < -0.39 is 0 Å². The van der Waals surface area contributed by atoms with Crippen molar-refractivity contribution in [2.24, 2.45) is 5.92 Å². The predicted octanol–water partition coefficient (Wildman–Crippen LogP) is 0.825. The number of hydrogen-bond acceptors (Lipinski definition) is 4. The van der Waals surface area contributed by atoms with E-state index in [2.05, 4.69) is 17.0 Å². The van der Waals surface area contributed by atoms with Gasteiger partial charge in [-0.15, -0.1) is 0 Å². The average Bonchev–Trinajstić information content (AvgIpc) is 2.74. The van der Waals surface area contributed by atoms with Crippen LogP contribution in [0.5, 0.6) is 0 Å². The van der Waals surface area contributed by atoms with Crippen LogP contribution in [0.3, 0.4) is 0 Å². The second kappa shape index (κ2) is 5.94. The van der Waals surface area contributed by atoms with Crippen LogP contribution in [0, 0.1) is 5.92 Å². The molecule has 0 unspecified atom stereocenters. The Bertz CT molecular complexity index is 713. The molecule has 2 aliphatic heterocycles. The number of amides is 1. The van der Waals surface area contributed by atoms with Crippen LogP contribution in [0.25, 0.3) is 10.9 Å². The summed E-state index contributed by atoms with van der Waals surface area (Å²) in [5, 5.41) is 5.45. The van der Waals surface area contributed by atoms with Crippen molar-refractivity contribution < 1.29 is 9.53 Å². The molecule has 3 heterocycles. The van der Waals surface area contributed by atoms with Crippen molar-refractivity contribution >= 4 is 16.8 Å². The summed E-state index contributed by atoms with van der Waals surface area (Å²) < 4.78 is 7.53. The molecule has 0 spiro atoms. The van der Waals surface area contributed by atoms with Gasteiger partial charge in [0.25, 0.3) is 0 Å². The van der Waals surface area contributed by atoms with Crippen LogP contribution in [0.2, 0.25) is 0 Å². The zero-order valence-corrected chi connectivity index (χ0v) is 13.4. The highest BCUT2D eigenvalue weighted by molar-refractivity contribution is 5.82. The fourth-order valence-electron chi connectivity index (χ4n) is 3.63. The second-order valence-corrected chi connectivity index (χ2v) is 6.66. The summed E-state index contributed by atoms with van der Waals surface area (Å²) in [4.78, 5) is 17.1. The first-order valence-electron chi connectivity index (χ1n) is 8.17. The molecule has 0 aliphatic carbocycles. The molecule has 0 saturated carbocycles. The van der Waals surface area contributed by atoms with Crippen LogP contribution >= 0.6 is 0 Å². The second-order valence-electron chi connectivity index (χ2n) is 6.66. The molecule has 2 fully saturated rings. The third kappa shape index (κ3) is 2.84. The summed E-state index contributed by atoms with van der Waals surface area (Å²) in [5.41, 5.74) is 1.01. The first-order valence-corrected chi connectivity index (χ1v) is 8.17. The molecule has 2 aromatic rings. The lowest BCUT2D eigenvalue weighted by atomic mass is 10.1. The Balaban J connectivity index is 1.52. The summed E-state index contributed by atoms with van der Waals surface area (Å²) in [6, 6.07) is 8.29. The normalized spacial score (nSPS) is 25.5. The fraction of sp³-hybridized carbons (Fsp3) is 0.529. The largest absolute Gasteiger partial charge is 0.379 e. The number of aromatic nitrogens is 2. The van der Waals surface area contributed by atoms with E-state index in [0.717, 1.165) is 37.1 Å². The number of para-hydroxylation sites is 1. The van der Waals surface area contributed by atoms with Gasteiger partial charge in [0.05, 0.1) is 31.0 Å². The van der Waals surface area contributed by atoms with Crippen LogP contribution in [-0.2, 0) is 16.1 Å². The molecule has 2 saturated heterocycles. The molecule has 2 bridgehead atoms. The molecule has 1 aromatic carbocycles. The van der Waals surface area contributed by atoms with Crippen molar-refractivity contribution in [1.29, 1.82) is 0 Å². The standard InChI is InChI=1S/C17H22N4O2/c1-19-7-13-8-20(9-15(19)12-23-11-13)17(22)10-21-16-5-3-2-4-14(16)6-18-21/h2-6,13,15H,7-12H2,1H3/t13-,15+/m1/s1. The van der Waals surface area contributed by atoms with Gasteiger partial charge in [-0.25, -0.2) is 0 Å². The van der Waals surface area contributed by atoms with Crippen molar-refractivity contribution in [3.63, 3.8) is 0 Å². The molecule has 0 radical (unpaired) electrons. The van der Waals surface area contributed by atoms with Crippen LogP contribution in [0.1, 0.15) is 0 Å². The van der Waals surface area contributed by atoms with Gasteiger partial charge in [-0.3, -0.25) is 14.4 Å². The monoisotopic (exact) mass is 314 g/mol. The van der Waals surface area contributed by atoms with Gasteiger partial charge in [0, 0.05) is 30.9 Å². The highest BCUT2D eigenvalue weighted by Crippen LogP contribution is 2.19. The van der Waals surface area contributed by atoms with Crippen LogP contribution in [-0.4, -0.2) is 71.4 Å². The van der Waals surface area contributed by atoms with E-state index in [1.54, 1.807) is 4.68 Å². The maximum Gasteiger partial charge on any atom is 0.244 e. The van der Waals surface area contributed by atoms with Gasteiger partial charge in [0.15, 0.2) is 0 Å². The number of carbonyl (C=O) groups excluding carboxylic acids is 1. The fourth-order valence-corrected chi connectivity index (χ4v) is 3.63. The number of benzene rings is 1. The van der Waals surface area contributed by atoms with Gasteiger partial charge in [0.1, 0.15) is 6.54 Å². The Morgan fingerprint density at radius 2 is 2.13 bits per heavy atom. The minimum atomic E-state index is 0.144. The molecule has 2 atom stereocenters. The molecule has 23 heavy (non-hydrogen) atoms. The van der Waals surface area contributed by atoms with Crippen LogP contribution in [0.4, 0.5) is 0 Å². The predicted molar refractivity (Wildman–Crippen MR) is 87.0 cm³/mol. The zero-order valence-electron chi connectivity index (χ0n) is 13.4. The van der Waals surface area contributed by atoms with Gasteiger partial charge in [-0.05, 0) is 13.1 Å². The van der Waals surface area contributed by atoms with E-state index in [0.29, 0.717) is 25.1 Å². The maximum atomic E-state index is 12.8. The topological polar surface area (TPSA) is 50.6 Å². The minimum Gasteiger partial charge on any atom is -0.379 e. The van der Waals surface area contributed by atoms with E-state index in [1.165, 1.54) is 0 Å². The van der Waals surface area contributed by atoms with Crippen molar-refractivity contribution in [3.05, 3.63) is 30.5 Å². The Hall–Kier alpha value is -1.92. The first-order chi connectivity index (χ1) is 11.2. The molecule has 6 heteroatoms. The highest BCUT2D eigenvalue weighted by atomic mass is 16.5. The lowest BCUT2D eigenvalue weighted by molar-refractivity contribution is -0.133. The number of fused-ring (bicyclic) bond motifs is 4. The lowest BCUT2D eigenvalue weighted by Gasteiger charge is -2.29. The quantitative estimate of drug-likeness (QED) is 0.824. The highest BCUT2D eigenvalue weighted by Gasteiger charge is 2.33. The number of ether oxygens (including phenoxy) is 1. The summed E-state index contributed by atoms with van der Waals surface area (Å²) in [6.45, 7) is 4.28.